The Morgan fingerprint density at radius 1 is 0.973 bits per heavy atom. The van der Waals surface area contributed by atoms with Crippen molar-refractivity contribution in [2.45, 2.75) is 51.2 Å². The Bertz CT molecular complexity index is 1220. The van der Waals surface area contributed by atoms with Gasteiger partial charge in [0.2, 0.25) is 17.7 Å². The molecule has 0 spiro atoms. The summed E-state index contributed by atoms with van der Waals surface area (Å²) >= 11 is 0. The predicted molar refractivity (Wildman–Crippen MR) is 136 cm³/mol. The highest BCUT2D eigenvalue weighted by atomic mass is 16.4. The van der Waals surface area contributed by atoms with Crippen molar-refractivity contribution in [3.8, 4) is 0 Å². The minimum Gasteiger partial charge on any atom is -0.480 e. The number of rotatable bonds is 13. The van der Waals surface area contributed by atoms with Crippen LogP contribution in [0.3, 0.4) is 0 Å². The van der Waals surface area contributed by atoms with E-state index in [2.05, 4.69) is 30.9 Å². The molecular weight excluding hydrogens is 478 g/mol. The zero-order valence-electron chi connectivity index (χ0n) is 20.8. The molecule has 3 atom stereocenters. The lowest BCUT2D eigenvalue weighted by molar-refractivity contribution is -0.142. The van der Waals surface area contributed by atoms with Crippen LogP contribution in [-0.4, -0.2) is 68.4 Å². The molecule has 12 nitrogen and oxygen atoms in total. The normalized spacial score (nSPS) is 13.6. The first-order chi connectivity index (χ1) is 17.7. The molecule has 198 valence electrons. The summed E-state index contributed by atoms with van der Waals surface area (Å²) in [6.45, 7) is 3.39. The molecule has 3 rings (SSSR count). The van der Waals surface area contributed by atoms with E-state index >= 15 is 0 Å². The van der Waals surface area contributed by atoms with Gasteiger partial charge in [-0.1, -0.05) is 32.0 Å². The van der Waals surface area contributed by atoms with Gasteiger partial charge in [0.05, 0.1) is 12.9 Å². The molecule has 0 saturated heterocycles. The summed E-state index contributed by atoms with van der Waals surface area (Å²) in [6.07, 6.45) is 5.13. The zero-order valence-corrected chi connectivity index (χ0v) is 20.8. The predicted octanol–water partition coefficient (Wildman–Crippen LogP) is 0.220. The molecule has 0 saturated carbocycles. The van der Waals surface area contributed by atoms with Gasteiger partial charge in [-0.05, 0) is 24.0 Å². The Balaban J connectivity index is 1.86. The number of para-hydroxylation sites is 1. The number of amides is 3. The van der Waals surface area contributed by atoms with Crippen LogP contribution in [0.4, 0.5) is 0 Å². The van der Waals surface area contributed by atoms with E-state index < -0.39 is 41.8 Å². The Kier molecular flexibility index (Phi) is 9.39. The Morgan fingerprint density at radius 3 is 2.27 bits per heavy atom. The molecule has 3 amide bonds. The van der Waals surface area contributed by atoms with Crippen molar-refractivity contribution < 1.29 is 24.3 Å². The molecule has 0 aliphatic rings. The fourth-order valence-electron chi connectivity index (χ4n) is 4.05. The molecule has 3 unspecified atom stereocenters. The largest absolute Gasteiger partial charge is 0.480 e. The molecule has 8 N–H and O–H groups in total. The smallest absolute Gasteiger partial charge is 0.326 e. The average molecular weight is 512 g/mol. The van der Waals surface area contributed by atoms with Crippen molar-refractivity contribution in [1.82, 2.24) is 30.9 Å². The number of nitrogens with zero attached hydrogens (tertiary/aromatic N) is 1. The van der Waals surface area contributed by atoms with Gasteiger partial charge in [0.25, 0.3) is 0 Å². The highest BCUT2D eigenvalue weighted by Crippen LogP contribution is 2.19. The van der Waals surface area contributed by atoms with Crippen LogP contribution in [0.15, 0.2) is 43.0 Å². The number of carbonyl (C=O) groups is 4. The summed E-state index contributed by atoms with van der Waals surface area (Å²) < 4.78 is 0. The van der Waals surface area contributed by atoms with Crippen molar-refractivity contribution in [3.63, 3.8) is 0 Å². The summed E-state index contributed by atoms with van der Waals surface area (Å²) in [5, 5.41) is 18.3. The standard InChI is InChI=1S/C25H33N7O5/c1-14(2)7-21(25(36)37)32-23(34)19(8-15-11-28-18-6-4-3-5-17(15)18)31-24(35)20(30-22(33)10-26)9-16-12-27-13-29-16/h3-6,11-14,19-21,28H,7-10,26H2,1-2H3,(H,27,29)(H,30,33)(H,31,35)(H,32,34)(H,36,37). The van der Waals surface area contributed by atoms with Gasteiger partial charge >= 0.3 is 5.97 Å². The molecule has 37 heavy (non-hydrogen) atoms. The third kappa shape index (κ3) is 7.64. The minimum atomic E-state index is -1.16. The van der Waals surface area contributed by atoms with E-state index in [1.807, 2.05) is 38.1 Å². The average Bonchev–Trinajstić information content (AvgIpc) is 3.52. The summed E-state index contributed by atoms with van der Waals surface area (Å²) in [6, 6.07) is 4.24. The van der Waals surface area contributed by atoms with Crippen molar-refractivity contribution in [1.29, 1.82) is 0 Å². The van der Waals surface area contributed by atoms with Gasteiger partial charge in [0.15, 0.2) is 0 Å². The van der Waals surface area contributed by atoms with Crippen molar-refractivity contribution in [2.75, 3.05) is 6.54 Å². The van der Waals surface area contributed by atoms with Crippen LogP contribution in [0.1, 0.15) is 31.5 Å². The van der Waals surface area contributed by atoms with Crippen LogP contribution in [0, 0.1) is 5.92 Å². The number of H-pyrrole nitrogens is 2. The molecule has 0 aliphatic carbocycles. The first kappa shape index (κ1) is 27.4. The number of carbonyl (C=O) groups excluding carboxylic acids is 3. The number of carboxylic acids is 1. The zero-order chi connectivity index (χ0) is 26.9. The molecule has 0 aliphatic heterocycles. The highest BCUT2D eigenvalue weighted by molar-refractivity contribution is 5.94. The van der Waals surface area contributed by atoms with Crippen LogP contribution in [0.2, 0.25) is 0 Å². The Morgan fingerprint density at radius 2 is 1.65 bits per heavy atom. The first-order valence-corrected chi connectivity index (χ1v) is 12.0. The number of aromatic amines is 2. The maximum Gasteiger partial charge on any atom is 0.326 e. The van der Waals surface area contributed by atoms with E-state index in [4.69, 9.17) is 5.73 Å². The maximum absolute atomic E-state index is 13.3. The lowest BCUT2D eigenvalue weighted by Crippen LogP contribution is -2.57. The van der Waals surface area contributed by atoms with Crippen LogP contribution in [0.5, 0.6) is 0 Å². The van der Waals surface area contributed by atoms with Gasteiger partial charge in [0.1, 0.15) is 18.1 Å². The topological polar surface area (TPSA) is 195 Å². The van der Waals surface area contributed by atoms with Gasteiger partial charge in [0, 0.05) is 41.8 Å². The lowest BCUT2D eigenvalue weighted by atomic mass is 10.0. The third-order valence-electron chi connectivity index (χ3n) is 5.87. The molecule has 0 radical (unpaired) electrons. The van der Waals surface area contributed by atoms with Gasteiger partial charge in [-0.15, -0.1) is 0 Å². The van der Waals surface area contributed by atoms with Crippen molar-refractivity contribution in [3.05, 3.63) is 54.2 Å². The maximum atomic E-state index is 13.3. The van der Waals surface area contributed by atoms with Gasteiger partial charge in [-0.25, -0.2) is 9.78 Å². The van der Waals surface area contributed by atoms with Crippen LogP contribution in [-0.2, 0) is 32.0 Å². The summed E-state index contributed by atoms with van der Waals surface area (Å²) in [4.78, 5) is 60.4. The molecule has 1 aromatic carbocycles. The van der Waals surface area contributed by atoms with E-state index in [9.17, 15) is 24.3 Å². The number of benzene rings is 1. The highest BCUT2D eigenvalue weighted by Gasteiger charge is 2.30. The second kappa shape index (κ2) is 12.7. The van der Waals surface area contributed by atoms with E-state index in [0.717, 1.165) is 16.5 Å². The number of carboxylic acid groups (broad SMARTS) is 1. The number of aliphatic carboxylic acids is 1. The number of hydrogen-bond donors (Lipinski definition) is 7. The summed E-state index contributed by atoms with van der Waals surface area (Å²) in [5.74, 6) is -2.94. The number of nitrogens with one attached hydrogen (secondary N) is 5. The molecular formula is C25H33N7O5. The van der Waals surface area contributed by atoms with Gasteiger partial charge in [-0.3, -0.25) is 14.4 Å². The summed E-state index contributed by atoms with van der Waals surface area (Å²) in [7, 11) is 0. The van der Waals surface area contributed by atoms with E-state index in [0.29, 0.717) is 5.69 Å². The van der Waals surface area contributed by atoms with E-state index in [1.54, 1.807) is 6.20 Å². The first-order valence-electron chi connectivity index (χ1n) is 12.0. The second-order valence-electron chi connectivity index (χ2n) is 9.26. The van der Waals surface area contributed by atoms with Crippen LogP contribution < -0.4 is 21.7 Å². The molecule has 0 bridgehead atoms. The van der Waals surface area contributed by atoms with Crippen LogP contribution >= 0.6 is 0 Å². The van der Waals surface area contributed by atoms with E-state index in [1.165, 1.54) is 12.5 Å². The molecule has 0 fully saturated rings. The number of fused-ring (bicyclic) bond motifs is 1. The lowest BCUT2D eigenvalue weighted by Gasteiger charge is -2.25. The summed E-state index contributed by atoms with van der Waals surface area (Å²) in [5.41, 5.74) is 7.64. The van der Waals surface area contributed by atoms with Crippen molar-refractivity contribution >= 4 is 34.6 Å². The molecule has 2 aromatic heterocycles. The monoisotopic (exact) mass is 511 g/mol. The van der Waals surface area contributed by atoms with Crippen molar-refractivity contribution in [2.24, 2.45) is 11.7 Å². The van der Waals surface area contributed by atoms with Gasteiger partial charge in [-0.2, -0.15) is 0 Å². The Hall–Kier alpha value is -4.19. The fourth-order valence-corrected chi connectivity index (χ4v) is 4.05. The quantitative estimate of drug-likeness (QED) is 0.170. The SMILES string of the molecule is CC(C)CC(NC(=O)C(Cc1c[nH]c2ccccc12)NC(=O)C(Cc1cnc[nH]1)NC(=O)CN)C(=O)O. The second-order valence-corrected chi connectivity index (χ2v) is 9.26. The molecule has 12 heteroatoms. The minimum absolute atomic E-state index is 0.0216. The fraction of sp³-hybridized carbons (Fsp3) is 0.400. The van der Waals surface area contributed by atoms with Crippen LogP contribution in [0.25, 0.3) is 10.9 Å². The number of aromatic nitrogens is 3. The molecule has 3 aromatic rings. The molecule has 2 heterocycles. The number of hydrogen-bond acceptors (Lipinski definition) is 6. The Labute approximate surface area is 213 Å². The number of nitrogens with two attached hydrogens (primary N) is 1. The van der Waals surface area contributed by atoms with Gasteiger partial charge < -0.3 is 36.8 Å². The third-order valence-corrected chi connectivity index (χ3v) is 5.87. The number of imidazole rings is 1. The van der Waals surface area contributed by atoms with E-state index in [-0.39, 0.29) is 31.7 Å².